The van der Waals surface area contributed by atoms with Gasteiger partial charge in [0.05, 0.1) is 0 Å². The summed E-state index contributed by atoms with van der Waals surface area (Å²) in [6, 6.07) is 17.6. The van der Waals surface area contributed by atoms with Gasteiger partial charge in [-0.1, -0.05) is 60.7 Å². The first-order chi connectivity index (χ1) is 15.9. The van der Waals surface area contributed by atoms with Crippen molar-refractivity contribution < 1.29 is 35.8 Å². The van der Waals surface area contributed by atoms with Crippen LogP contribution < -0.4 is 9.47 Å². The van der Waals surface area contributed by atoms with E-state index in [1.165, 1.54) is 36.4 Å². The minimum Gasteiger partial charge on any atom is -0.446 e. The summed E-state index contributed by atoms with van der Waals surface area (Å²) in [5.74, 6) is -21.7. The number of alkyl halides is 6. The monoisotopic (exact) mass is 476 g/mol. The van der Waals surface area contributed by atoms with Crippen molar-refractivity contribution in [3.63, 3.8) is 0 Å². The van der Waals surface area contributed by atoms with Gasteiger partial charge >= 0.3 is 23.6 Å². The second-order valence-electron chi connectivity index (χ2n) is 8.40. The first-order valence-electron chi connectivity index (χ1n) is 10.4. The first kappa shape index (κ1) is 22.4. The standard InChI is InChI=1S/C26H18F6O2/c1-15-11-13-21(19-9-5-3-7-17(15)19)33-25(31)23(27,28)24(29,30)26(25,32)34-22-14-12-16(2)18-8-4-6-10-20(18)22/h3-14H,1-2H3. The van der Waals surface area contributed by atoms with Gasteiger partial charge in [-0.05, 0) is 47.9 Å². The van der Waals surface area contributed by atoms with E-state index in [0.717, 1.165) is 12.1 Å². The molecule has 4 aromatic carbocycles. The van der Waals surface area contributed by atoms with Crippen LogP contribution in [-0.2, 0) is 0 Å². The van der Waals surface area contributed by atoms with E-state index in [2.05, 4.69) is 0 Å². The Bertz CT molecular complexity index is 1330. The number of rotatable bonds is 4. The molecule has 8 heteroatoms. The van der Waals surface area contributed by atoms with Crippen LogP contribution in [0.1, 0.15) is 11.1 Å². The van der Waals surface area contributed by atoms with Crippen molar-refractivity contribution in [3.8, 4) is 11.5 Å². The van der Waals surface area contributed by atoms with Crippen molar-refractivity contribution in [2.24, 2.45) is 0 Å². The van der Waals surface area contributed by atoms with Gasteiger partial charge in [0.1, 0.15) is 11.5 Å². The Labute approximate surface area is 190 Å². The maximum absolute atomic E-state index is 15.8. The molecule has 1 aliphatic carbocycles. The highest BCUT2D eigenvalue weighted by Crippen LogP contribution is 2.68. The van der Waals surface area contributed by atoms with Crippen molar-refractivity contribution in [3.05, 3.63) is 83.9 Å². The molecule has 0 bridgehead atoms. The number of aryl methyl sites for hydroxylation is 2. The maximum Gasteiger partial charge on any atom is 0.395 e. The predicted molar refractivity (Wildman–Crippen MR) is 116 cm³/mol. The molecule has 2 unspecified atom stereocenters. The molecule has 0 radical (unpaired) electrons. The van der Waals surface area contributed by atoms with Gasteiger partial charge in [-0.3, -0.25) is 0 Å². The Morgan fingerprint density at radius 2 is 0.794 bits per heavy atom. The summed E-state index contributed by atoms with van der Waals surface area (Å²) in [6.07, 6.45) is 0. The minimum absolute atomic E-state index is 0.161. The van der Waals surface area contributed by atoms with Crippen LogP contribution in [0.4, 0.5) is 26.3 Å². The quantitative estimate of drug-likeness (QED) is 0.281. The third-order valence-electron chi connectivity index (χ3n) is 6.32. The van der Waals surface area contributed by atoms with Crippen molar-refractivity contribution in [1.29, 1.82) is 0 Å². The number of hydrogen-bond donors (Lipinski definition) is 0. The Morgan fingerprint density at radius 3 is 1.15 bits per heavy atom. The SMILES string of the molecule is Cc1ccc(OC2(F)C(F)(F)C(F)(F)C2(F)Oc2ccc(C)c3ccccc23)c2ccccc12. The van der Waals surface area contributed by atoms with Crippen LogP contribution in [0.5, 0.6) is 11.5 Å². The van der Waals surface area contributed by atoms with Gasteiger partial charge in [-0.15, -0.1) is 0 Å². The highest BCUT2D eigenvalue weighted by molar-refractivity contribution is 5.91. The summed E-state index contributed by atoms with van der Waals surface area (Å²) >= 11 is 0. The van der Waals surface area contributed by atoms with E-state index in [-0.39, 0.29) is 10.8 Å². The molecule has 4 aromatic rings. The van der Waals surface area contributed by atoms with Crippen LogP contribution >= 0.6 is 0 Å². The molecule has 1 fully saturated rings. The molecule has 0 heterocycles. The lowest BCUT2D eigenvalue weighted by molar-refractivity contribution is -0.527. The van der Waals surface area contributed by atoms with E-state index in [0.29, 0.717) is 21.9 Å². The molecule has 1 aliphatic rings. The number of fused-ring (bicyclic) bond motifs is 2. The predicted octanol–water partition coefficient (Wildman–Crippen LogP) is 7.68. The fourth-order valence-corrected chi connectivity index (χ4v) is 4.33. The highest BCUT2D eigenvalue weighted by Gasteiger charge is 3.03. The van der Waals surface area contributed by atoms with Crippen LogP contribution in [0.3, 0.4) is 0 Å². The zero-order chi connectivity index (χ0) is 24.5. The second kappa shape index (κ2) is 7.04. The zero-order valence-corrected chi connectivity index (χ0v) is 18.0. The fourth-order valence-electron chi connectivity index (χ4n) is 4.33. The molecule has 5 rings (SSSR count). The molecular weight excluding hydrogens is 458 g/mol. The summed E-state index contributed by atoms with van der Waals surface area (Å²) < 4.78 is 99.2. The average Bonchev–Trinajstić information content (AvgIpc) is 2.82. The van der Waals surface area contributed by atoms with Gasteiger partial charge in [0.2, 0.25) is 0 Å². The molecule has 2 nitrogen and oxygen atoms in total. The van der Waals surface area contributed by atoms with E-state index < -0.39 is 35.1 Å². The van der Waals surface area contributed by atoms with E-state index >= 15 is 8.78 Å². The highest BCUT2D eigenvalue weighted by atomic mass is 19.3. The summed E-state index contributed by atoms with van der Waals surface area (Å²) in [6.45, 7) is 3.43. The third kappa shape index (κ3) is 2.65. The number of halogens is 6. The van der Waals surface area contributed by atoms with Crippen LogP contribution in [0.2, 0.25) is 0 Å². The molecule has 1 saturated carbocycles. The first-order valence-corrected chi connectivity index (χ1v) is 10.4. The molecule has 0 aromatic heterocycles. The smallest absolute Gasteiger partial charge is 0.395 e. The number of ether oxygens (including phenoxy) is 2. The van der Waals surface area contributed by atoms with Crippen molar-refractivity contribution in [2.45, 2.75) is 37.4 Å². The Hall–Kier alpha value is -3.42. The van der Waals surface area contributed by atoms with E-state index in [9.17, 15) is 17.6 Å². The Kier molecular flexibility index (Phi) is 4.63. The largest absolute Gasteiger partial charge is 0.446 e. The van der Waals surface area contributed by atoms with Crippen LogP contribution in [0.25, 0.3) is 21.5 Å². The van der Waals surface area contributed by atoms with Crippen molar-refractivity contribution in [1.82, 2.24) is 0 Å². The number of hydrogen-bond acceptors (Lipinski definition) is 2. The van der Waals surface area contributed by atoms with Crippen molar-refractivity contribution in [2.75, 3.05) is 0 Å². The summed E-state index contributed by atoms with van der Waals surface area (Å²) in [5, 5.41) is 1.34. The van der Waals surface area contributed by atoms with Gasteiger partial charge in [-0.2, -0.15) is 26.3 Å². The Balaban J connectivity index is 1.64. The third-order valence-corrected chi connectivity index (χ3v) is 6.32. The molecule has 0 N–H and O–H groups in total. The molecule has 34 heavy (non-hydrogen) atoms. The van der Waals surface area contributed by atoms with Gasteiger partial charge in [-0.25, -0.2) is 0 Å². The Morgan fingerprint density at radius 1 is 0.471 bits per heavy atom. The molecule has 0 aliphatic heterocycles. The van der Waals surface area contributed by atoms with E-state index in [4.69, 9.17) is 9.47 Å². The fraction of sp³-hybridized carbons (Fsp3) is 0.231. The van der Waals surface area contributed by atoms with Gasteiger partial charge in [0.25, 0.3) is 0 Å². The van der Waals surface area contributed by atoms with Crippen molar-refractivity contribution >= 4 is 21.5 Å². The average molecular weight is 476 g/mol. The summed E-state index contributed by atoms with van der Waals surface area (Å²) in [7, 11) is 0. The summed E-state index contributed by atoms with van der Waals surface area (Å²) in [5.41, 5.74) is 1.41. The second-order valence-corrected chi connectivity index (χ2v) is 8.40. The molecule has 0 saturated heterocycles. The lowest BCUT2D eigenvalue weighted by Crippen LogP contribution is -2.89. The lowest BCUT2D eigenvalue weighted by atomic mass is 9.76. The number of benzene rings is 4. The maximum atomic E-state index is 15.8. The molecule has 0 spiro atoms. The molecular formula is C26H18F6O2. The van der Waals surface area contributed by atoms with Crippen LogP contribution in [0.15, 0.2) is 72.8 Å². The van der Waals surface area contributed by atoms with E-state index in [1.54, 1.807) is 38.1 Å². The normalized spacial score (nSPS) is 25.2. The molecule has 2 atom stereocenters. The van der Waals surface area contributed by atoms with Crippen LogP contribution in [0, 0.1) is 13.8 Å². The molecule has 0 amide bonds. The van der Waals surface area contributed by atoms with Gasteiger partial charge in [0.15, 0.2) is 0 Å². The molecule has 176 valence electrons. The summed E-state index contributed by atoms with van der Waals surface area (Å²) in [4.78, 5) is 0. The lowest BCUT2D eigenvalue weighted by Gasteiger charge is -2.55. The van der Waals surface area contributed by atoms with Crippen LogP contribution in [-0.4, -0.2) is 23.6 Å². The van der Waals surface area contributed by atoms with Gasteiger partial charge < -0.3 is 9.47 Å². The van der Waals surface area contributed by atoms with E-state index in [1.807, 2.05) is 0 Å². The zero-order valence-electron chi connectivity index (χ0n) is 18.0. The minimum atomic E-state index is -5.51. The topological polar surface area (TPSA) is 18.5 Å². The van der Waals surface area contributed by atoms with Gasteiger partial charge in [0, 0.05) is 10.8 Å².